The van der Waals surface area contributed by atoms with Crippen molar-refractivity contribution >= 4 is 145 Å². The number of fused-ring (bicyclic) bond motifs is 6. The molecule has 0 radical (unpaired) electrons. The predicted octanol–water partition coefficient (Wildman–Crippen LogP) is 24.0. The highest BCUT2D eigenvalue weighted by atomic mass is 15.1. The molecule has 0 N–H and O–H groups in total. The minimum absolute atomic E-state index is 0.123. The smallest absolute Gasteiger partial charge is 0.0474 e. The first-order valence-electron chi connectivity index (χ1n) is 30.0. The number of para-hydroxylation sites is 1. The Morgan fingerprint density at radius 1 is 0.247 bits per heavy atom. The van der Waals surface area contributed by atoms with Crippen molar-refractivity contribution in [1.29, 1.82) is 0 Å². The summed E-state index contributed by atoms with van der Waals surface area (Å²) in [5.41, 5.74) is 15.0. The lowest BCUT2D eigenvalue weighted by molar-refractivity contribution is 0.591. The fraction of sp³-hybridized carbons (Fsp3) is 0.108. The molecule has 408 valence electrons. The number of hydrogen-bond acceptors (Lipinski definition) is 2. The lowest BCUT2D eigenvalue weighted by Crippen LogP contribution is -2.12. The monoisotopic (exact) mass is 1090 g/mol. The quantitative estimate of drug-likeness (QED) is 0.0765. The third-order valence-corrected chi connectivity index (χ3v) is 17.7. The van der Waals surface area contributed by atoms with Gasteiger partial charge in [-0.05, 0) is 222 Å². The molecule has 0 aliphatic heterocycles. The molecule has 0 fully saturated rings. The SMILES string of the molecule is Cc1ccc(N(c2ccc(/C=C/c3ccccc3)cc2)c2cc3cc(C(C)(C)C)cc4c3c(c2)c2cccc3c2c4c2cccc4c5cc(N(c6ccccc6)c6ccc(/C=C/c7ccccc7)cc6)cc6cc(C(C)(C)C)cc(c65)c3c42)cc1. The zero-order valence-electron chi connectivity index (χ0n) is 49.4. The molecule has 15 rings (SSSR count). The van der Waals surface area contributed by atoms with Crippen molar-refractivity contribution in [1.82, 2.24) is 0 Å². The number of hydrogen-bond donors (Lipinski definition) is 0. The zero-order chi connectivity index (χ0) is 57.7. The van der Waals surface area contributed by atoms with Gasteiger partial charge in [0.2, 0.25) is 0 Å². The molecule has 0 amide bonds. The molecule has 0 saturated carbocycles. The van der Waals surface area contributed by atoms with Crippen LogP contribution < -0.4 is 9.80 Å². The number of anilines is 6. The second kappa shape index (κ2) is 20.1. The predicted molar refractivity (Wildman–Crippen MR) is 371 cm³/mol. The molecular formula is C83H66N2. The van der Waals surface area contributed by atoms with Crippen molar-refractivity contribution in [2.24, 2.45) is 0 Å². The van der Waals surface area contributed by atoms with Crippen LogP contribution in [-0.2, 0) is 10.8 Å². The third-order valence-electron chi connectivity index (χ3n) is 17.7. The molecule has 0 saturated heterocycles. The highest BCUT2D eigenvalue weighted by Gasteiger charge is 2.28. The van der Waals surface area contributed by atoms with Gasteiger partial charge in [0.25, 0.3) is 0 Å². The van der Waals surface area contributed by atoms with Crippen LogP contribution in [0.5, 0.6) is 0 Å². The molecule has 0 aromatic heterocycles. The lowest BCUT2D eigenvalue weighted by Gasteiger charge is -2.29. The summed E-state index contributed by atoms with van der Waals surface area (Å²) in [6.07, 6.45) is 8.78. The van der Waals surface area contributed by atoms with Crippen molar-refractivity contribution < 1.29 is 0 Å². The van der Waals surface area contributed by atoms with Crippen LogP contribution in [0.15, 0.2) is 249 Å². The van der Waals surface area contributed by atoms with E-state index in [0.29, 0.717) is 0 Å². The minimum atomic E-state index is -0.124. The second-order valence-electron chi connectivity index (χ2n) is 25.4. The largest absolute Gasteiger partial charge is 0.310 e. The maximum atomic E-state index is 2.54. The molecular weight excluding hydrogens is 1020 g/mol. The van der Waals surface area contributed by atoms with Gasteiger partial charge in [0.15, 0.2) is 0 Å². The van der Waals surface area contributed by atoms with E-state index in [1.807, 2.05) is 0 Å². The van der Waals surface area contributed by atoms with Crippen LogP contribution in [0.4, 0.5) is 34.1 Å². The van der Waals surface area contributed by atoms with E-state index in [1.165, 1.54) is 114 Å². The standard InChI is InChI=1S/C83H66N2/c1-53-29-39-63(40-30-53)85(65-43-37-57(38-44-65)34-32-55-21-13-9-14-22-55)67-48-59-46-61(83(5,6)7)50-75-77(59)73(52-67)69-26-18-28-71-79(69)81(75)70-27-17-25-68-72-51-66(47-58-45-60(82(2,3)4)49-74(76(58)72)80(71)78(68)70)84(62-23-15-10-16-24-62)64-41-35-56(36-42-64)33-31-54-19-11-8-12-20-54/h8-52H,1-7H3/b33-31+,34-32+. The van der Waals surface area contributed by atoms with Crippen molar-refractivity contribution in [3.05, 3.63) is 288 Å². The van der Waals surface area contributed by atoms with Gasteiger partial charge in [-0.3, -0.25) is 0 Å². The second-order valence-corrected chi connectivity index (χ2v) is 25.4. The molecule has 0 aliphatic rings. The fourth-order valence-electron chi connectivity index (χ4n) is 13.4. The normalized spacial score (nSPS) is 12.6. The van der Waals surface area contributed by atoms with E-state index in [2.05, 4.69) is 331 Å². The summed E-state index contributed by atoms with van der Waals surface area (Å²) in [6.45, 7) is 16.3. The number of aryl methyl sites for hydroxylation is 1. The number of nitrogens with zero attached hydrogens (tertiary/aromatic N) is 2. The van der Waals surface area contributed by atoms with Crippen molar-refractivity contribution in [3.8, 4) is 0 Å². The Hall–Kier alpha value is -10.0. The summed E-state index contributed by atoms with van der Waals surface area (Å²) in [4.78, 5) is 4.89. The highest BCUT2D eigenvalue weighted by Crippen LogP contribution is 2.54. The van der Waals surface area contributed by atoms with E-state index in [9.17, 15) is 0 Å². The van der Waals surface area contributed by atoms with Crippen LogP contribution >= 0.6 is 0 Å². The van der Waals surface area contributed by atoms with Crippen LogP contribution in [0.25, 0.3) is 110 Å². The van der Waals surface area contributed by atoms with E-state index >= 15 is 0 Å². The van der Waals surface area contributed by atoms with E-state index in [1.54, 1.807) is 0 Å². The van der Waals surface area contributed by atoms with E-state index < -0.39 is 0 Å². The summed E-state index contributed by atoms with van der Waals surface area (Å²) in [7, 11) is 0. The molecule has 15 aromatic rings. The van der Waals surface area contributed by atoms with Gasteiger partial charge < -0.3 is 9.80 Å². The Balaban J connectivity index is 0.999. The number of rotatable bonds is 10. The van der Waals surface area contributed by atoms with Crippen LogP contribution in [-0.4, -0.2) is 0 Å². The fourth-order valence-corrected chi connectivity index (χ4v) is 13.4. The van der Waals surface area contributed by atoms with Gasteiger partial charge in [0.05, 0.1) is 0 Å². The van der Waals surface area contributed by atoms with E-state index in [-0.39, 0.29) is 10.8 Å². The molecule has 2 heteroatoms. The summed E-state index contributed by atoms with van der Waals surface area (Å²) in [6, 6.07) is 93.2. The van der Waals surface area contributed by atoms with Gasteiger partial charge in [-0.2, -0.15) is 0 Å². The van der Waals surface area contributed by atoms with E-state index in [0.717, 1.165) is 45.3 Å². The summed E-state index contributed by atoms with van der Waals surface area (Å²) in [5, 5.41) is 20.7. The maximum Gasteiger partial charge on any atom is 0.0474 e. The summed E-state index contributed by atoms with van der Waals surface area (Å²) >= 11 is 0. The molecule has 0 spiro atoms. The Labute approximate surface area is 498 Å². The van der Waals surface area contributed by atoms with Gasteiger partial charge in [0, 0.05) is 34.1 Å². The molecule has 15 aromatic carbocycles. The first kappa shape index (κ1) is 51.8. The van der Waals surface area contributed by atoms with Gasteiger partial charge in [0.1, 0.15) is 0 Å². The van der Waals surface area contributed by atoms with Crippen molar-refractivity contribution in [2.75, 3.05) is 9.80 Å². The maximum absolute atomic E-state index is 2.54. The first-order chi connectivity index (χ1) is 41.3. The van der Waals surface area contributed by atoms with Crippen LogP contribution in [0, 0.1) is 6.92 Å². The summed E-state index contributed by atoms with van der Waals surface area (Å²) < 4.78 is 0. The summed E-state index contributed by atoms with van der Waals surface area (Å²) in [5.74, 6) is 0. The Morgan fingerprint density at radius 2 is 0.576 bits per heavy atom. The minimum Gasteiger partial charge on any atom is -0.310 e. The van der Waals surface area contributed by atoms with Gasteiger partial charge in [-0.1, -0.05) is 235 Å². The lowest BCUT2D eigenvalue weighted by atomic mass is 9.78. The Bertz CT molecular complexity index is 5080. The highest BCUT2D eigenvalue weighted by molar-refractivity contribution is 6.48. The van der Waals surface area contributed by atoms with Crippen molar-refractivity contribution in [3.63, 3.8) is 0 Å². The molecule has 0 unspecified atom stereocenters. The van der Waals surface area contributed by atoms with Gasteiger partial charge in [-0.15, -0.1) is 0 Å². The van der Waals surface area contributed by atoms with Crippen LogP contribution in [0.3, 0.4) is 0 Å². The molecule has 85 heavy (non-hydrogen) atoms. The van der Waals surface area contributed by atoms with Gasteiger partial charge >= 0.3 is 0 Å². The molecule has 0 aliphatic carbocycles. The van der Waals surface area contributed by atoms with Crippen LogP contribution in [0.2, 0.25) is 0 Å². The topological polar surface area (TPSA) is 6.48 Å². The third kappa shape index (κ3) is 9.03. The number of benzene rings is 15. The molecule has 0 atom stereocenters. The molecule has 0 bridgehead atoms. The molecule has 0 heterocycles. The average molecular weight is 1090 g/mol. The molecule has 2 nitrogen and oxygen atoms in total. The Morgan fingerprint density at radius 3 is 0.965 bits per heavy atom. The van der Waals surface area contributed by atoms with Crippen molar-refractivity contribution in [2.45, 2.75) is 59.3 Å². The zero-order valence-corrected chi connectivity index (χ0v) is 49.4. The van der Waals surface area contributed by atoms with Gasteiger partial charge in [-0.25, -0.2) is 0 Å². The average Bonchev–Trinajstić information content (AvgIpc) is 0.709. The first-order valence-corrected chi connectivity index (χ1v) is 30.0. The van der Waals surface area contributed by atoms with E-state index in [4.69, 9.17) is 0 Å². The Kier molecular flexibility index (Phi) is 12.3. The van der Waals surface area contributed by atoms with Crippen LogP contribution in [0.1, 0.15) is 80.5 Å².